The first-order valence-electron chi connectivity index (χ1n) is 5.87. The molecule has 1 amide bonds. The van der Waals surface area contributed by atoms with Gasteiger partial charge in [0.1, 0.15) is 5.75 Å². The number of carbonyl (C=O) groups is 1. The number of carbonyl (C=O) groups excluding carboxylic acids is 1. The van der Waals surface area contributed by atoms with E-state index in [2.05, 4.69) is 5.32 Å². The summed E-state index contributed by atoms with van der Waals surface area (Å²) in [6, 6.07) is 3.09. The molecule has 110 valence electrons. The molecule has 0 saturated carbocycles. The van der Waals surface area contributed by atoms with E-state index < -0.39 is 16.4 Å². The van der Waals surface area contributed by atoms with Gasteiger partial charge in [-0.25, -0.2) is 0 Å². The molecule has 0 saturated heterocycles. The first kappa shape index (κ1) is 15.8. The Morgan fingerprint density at radius 1 is 1.50 bits per heavy atom. The molecule has 0 unspecified atom stereocenters. The molecule has 20 heavy (non-hydrogen) atoms. The average Bonchev–Trinajstić information content (AvgIpc) is 2.41. The fraction of sp³-hybridized carbons (Fsp3) is 0.417. The molecule has 0 heterocycles. The van der Waals surface area contributed by atoms with E-state index in [0.29, 0.717) is 19.6 Å². The fourth-order valence-corrected chi connectivity index (χ4v) is 1.37. The second-order valence-corrected chi connectivity index (χ2v) is 3.86. The number of nitro groups is 1. The standard InChI is InChI=1S/C12H15FN2O5/c1-19-6-2-5-14-12(16)8-20-9-3-4-11(15(17)18)10(13)7-9/h3-4,7H,2,5-6,8H2,1H3,(H,14,16). The Labute approximate surface area is 114 Å². The lowest BCUT2D eigenvalue weighted by Crippen LogP contribution is -2.30. The SMILES string of the molecule is COCCCNC(=O)COc1ccc([N+](=O)[O-])c(F)c1. The maximum absolute atomic E-state index is 13.3. The number of nitrogens with one attached hydrogen (secondary N) is 1. The summed E-state index contributed by atoms with van der Waals surface area (Å²) < 4.78 is 23.1. The van der Waals surface area contributed by atoms with Crippen molar-refractivity contribution >= 4 is 11.6 Å². The zero-order valence-corrected chi connectivity index (χ0v) is 10.9. The minimum atomic E-state index is -1.01. The van der Waals surface area contributed by atoms with Gasteiger partial charge in [0.25, 0.3) is 5.91 Å². The van der Waals surface area contributed by atoms with Crippen LogP contribution in [0.2, 0.25) is 0 Å². The van der Waals surface area contributed by atoms with Crippen LogP contribution < -0.4 is 10.1 Å². The van der Waals surface area contributed by atoms with Gasteiger partial charge in [0.05, 0.1) is 4.92 Å². The molecule has 0 aliphatic carbocycles. The summed E-state index contributed by atoms with van der Waals surface area (Å²) in [4.78, 5) is 21.0. The Kier molecular flexibility index (Phi) is 6.38. The average molecular weight is 286 g/mol. The van der Waals surface area contributed by atoms with E-state index in [1.807, 2.05) is 0 Å². The molecule has 1 aromatic rings. The topological polar surface area (TPSA) is 90.7 Å². The summed E-state index contributed by atoms with van der Waals surface area (Å²) in [6.45, 7) is 0.698. The van der Waals surface area contributed by atoms with Crippen molar-refractivity contribution in [2.24, 2.45) is 0 Å². The lowest BCUT2D eigenvalue weighted by Gasteiger charge is -2.07. The zero-order valence-electron chi connectivity index (χ0n) is 10.9. The predicted octanol–water partition coefficient (Wildman–Crippen LogP) is 1.27. The zero-order chi connectivity index (χ0) is 15.0. The van der Waals surface area contributed by atoms with Crippen LogP contribution in [0, 0.1) is 15.9 Å². The van der Waals surface area contributed by atoms with Gasteiger partial charge >= 0.3 is 5.69 Å². The van der Waals surface area contributed by atoms with Crippen molar-refractivity contribution < 1.29 is 23.6 Å². The maximum atomic E-state index is 13.3. The highest BCUT2D eigenvalue weighted by Crippen LogP contribution is 2.22. The number of amides is 1. The van der Waals surface area contributed by atoms with E-state index in [-0.39, 0.29) is 18.3 Å². The molecule has 8 heteroatoms. The van der Waals surface area contributed by atoms with Gasteiger partial charge < -0.3 is 14.8 Å². The minimum absolute atomic E-state index is 0.0557. The monoisotopic (exact) mass is 286 g/mol. The van der Waals surface area contributed by atoms with Crippen molar-refractivity contribution in [2.75, 3.05) is 26.9 Å². The van der Waals surface area contributed by atoms with Crippen LogP contribution in [0.3, 0.4) is 0 Å². The van der Waals surface area contributed by atoms with Crippen LogP contribution in [0.4, 0.5) is 10.1 Å². The highest BCUT2D eigenvalue weighted by atomic mass is 19.1. The van der Waals surface area contributed by atoms with Crippen molar-refractivity contribution in [1.82, 2.24) is 5.32 Å². The second kappa shape index (κ2) is 8.05. The van der Waals surface area contributed by atoms with Crippen LogP contribution >= 0.6 is 0 Å². The van der Waals surface area contributed by atoms with E-state index >= 15 is 0 Å². The lowest BCUT2D eigenvalue weighted by atomic mass is 10.3. The van der Waals surface area contributed by atoms with E-state index in [1.165, 1.54) is 6.07 Å². The first-order valence-corrected chi connectivity index (χ1v) is 5.87. The van der Waals surface area contributed by atoms with Gasteiger partial charge in [-0.3, -0.25) is 14.9 Å². The van der Waals surface area contributed by atoms with Crippen molar-refractivity contribution in [2.45, 2.75) is 6.42 Å². The molecule has 1 N–H and O–H groups in total. The van der Waals surface area contributed by atoms with Gasteiger partial charge in [0.15, 0.2) is 6.61 Å². The number of ether oxygens (including phenoxy) is 2. The summed E-state index contributed by atoms with van der Waals surface area (Å²) in [5.74, 6) is -1.31. The van der Waals surface area contributed by atoms with Gasteiger partial charge in [-0.05, 0) is 12.5 Å². The number of hydrogen-bond donors (Lipinski definition) is 1. The molecule has 1 aromatic carbocycles. The molecule has 1 rings (SSSR count). The normalized spacial score (nSPS) is 10.1. The molecule has 0 radical (unpaired) electrons. The molecule has 0 aliphatic heterocycles. The third kappa shape index (κ3) is 5.19. The van der Waals surface area contributed by atoms with Crippen LogP contribution in [-0.2, 0) is 9.53 Å². The van der Waals surface area contributed by atoms with Crippen molar-refractivity contribution in [3.05, 3.63) is 34.1 Å². The Balaban J connectivity index is 2.40. The quantitative estimate of drug-likeness (QED) is 0.441. The van der Waals surface area contributed by atoms with Gasteiger partial charge in [0.2, 0.25) is 5.82 Å². The molecule has 0 bridgehead atoms. The molecule has 0 aromatic heterocycles. The van der Waals surface area contributed by atoms with Gasteiger partial charge in [-0.1, -0.05) is 0 Å². The van der Waals surface area contributed by atoms with Crippen LogP contribution in [0.25, 0.3) is 0 Å². The van der Waals surface area contributed by atoms with E-state index in [9.17, 15) is 19.3 Å². The molecule has 7 nitrogen and oxygen atoms in total. The fourth-order valence-electron chi connectivity index (χ4n) is 1.37. The molecular weight excluding hydrogens is 271 g/mol. The summed E-state index contributed by atoms with van der Waals surface area (Å²) in [6.07, 6.45) is 0.675. The summed E-state index contributed by atoms with van der Waals surface area (Å²) in [5, 5.41) is 13.0. The van der Waals surface area contributed by atoms with Gasteiger partial charge in [0, 0.05) is 32.4 Å². The lowest BCUT2D eigenvalue weighted by molar-refractivity contribution is -0.387. The van der Waals surface area contributed by atoms with Crippen LogP contribution in [0.1, 0.15) is 6.42 Å². The first-order chi connectivity index (χ1) is 9.54. The summed E-state index contributed by atoms with van der Waals surface area (Å²) in [5.41, 5.74) is -0.638. The Morgan fingerprint density at radius 2 is 2.25 bits per heavy atom. The number of nitrogens with zero attached hydrogens (tertiary/aromatic N) is 1. The maximum Gasteiger partial charge on any atom is 0.305 e. The minimum Gasteiger partial charge on any atom is -0.484 e. The summed E-state index contributed by atoms with van der Waals surface area (Å²) in [7, 11) is 1.56. The number of nitro benzene ring substituents is 1. The molecular formula is C12H15FN2O5. The van der Waals surface area contributed by atoms with Gasteiger partial charge in [-0.2, -0.15) is 4.39 Å². The van der Waals surface area contributed by atoms with Crippen LogP contribution in [0.15, 0.2) is 18.2 Å². The summed E-state index contributed by atoms with van der Waals surface area (Å²) >= 11 is 0. The number of hydrogen-bond acceptors (Lipinski definition) is 5. The molecule has 0 spiro atoms. The third-order valence-corrected chi connectivity index (χ3v) is 2.33. The van der Waals surface area contributed by atoms with E-state index in [1.54, 1.807) is 7.11 Å². The third-order valence-electron chi connectivity index (χ3n) is 2.33. The number of halogens is 1. The van der Waals surface area contributed by atoms with Crippen molar-refractivity contribution in [3.8, 4) is 5.75 Å². The van der Waals surface area contributed by atoms with Crippen LogP contribution in [0.5, 0.6) is 5.75 Å². The Morgan fingerprint density at radius 3 is 2.85 bits per heavy atom. The van der Waals surface area contributed by atoms with Crippen LogP contribution in [-0.4, -0.2) is 37.7 Å². The van der Waals surface area contributed by atoms with Crippen molar-refractivity contribution in [1.29, 1.82) is 0 Å². The smallest absolute Gasteiger partial charge is 0.305 e. The largest absolute Gasteiger partial charge is 0.484 e. The van der Waals surface area contributed by atoms with E-state index in [0.717, 1.165) is 12.1 Å². The number of rotatable bonds is 8. The van der Waals surface area contributed by atoms with E-state index in [4.69, 9.17) is 9.47 Å². The van der Waals surface area contributed by atoms with Crippen molar-refractivity contribution in [3.63, 3.8) is 0 Å². The Hall–Kier alpha value is -2.22. The highest BCUT2D eigenvalue weighted by Gasteiger charge is 2.14. The second-order valence-electron chi connectivity index (χ2n) is 3.86. The molecule has 0 aliphatic rings. The molecule has 0 fully saturated rings. The highest BCUT2D eigenvalue weighted by molar-refractivity contribution is 5.77. The Bertz CT molecular complexity index is 481. The number of benzene rings is 1. The molecule has 0 atom stereocenters. The van der Waals surface area contributed by atoms with Gasteiger partial charge in [-0.15, -0.1) is 0 Å². The number of methoxy groups -OCH3 is 1. The predicted molar refractivity (Wildman–Crippen MR) is 68.1 cm³/mol.